The minimum absolute atomic E-state index is 0.183. The topological polar surface area (TPSA) is 26.2 Å². The molecule has 0 radical (unpaired) electrons. The summed E-state index contributed by atoms with van der Waals surface area (Å²) < 4.78 is 21.9. The van der Waals surface area contributed by atoms with Crippen molar-refractivity contribution in [3.8, 4) is 0 Å². The number of ether oxygens (including phenoxy) is 1. The lowest BCUT2D eigenvalue weighted by Gasteiger charge is -2.25. The number of benzene rings is 1. The van der Waals surface area contributed by atoms with Gasteiger partial charge in [0.2, 0.25) is 0 Å². The highest BCUT2D eigenvalue weighted by Crippen LogP contribution is 2.38. The van der Waals surface area contributed by atoms with Crippen molar-refractivity contribution in [1.29, 1.82) is 0 Å². The molecule has 0 saturated carbocycles. The van der Waals surface area contributed by atoms with E-state index in [1.54, 1.807) is 13.2 Å². The monoisotopic (exact) mass is 338 g/mol. The second-order valence-electron chi connectivity index (χ2n) is 6.30. The van der Waals surface area contributed by atoms with E-state index in [4.69, 9.17) is 16.3 Å². The van der Waals surface area contributed by atoms with Crippen molar-refractivity contribution in [2.75, 3.05) is 26.8 Å². The van der Waals surface area contributed by atoms with Crippen molar-refractivity contribution in [3.63, 3.8) is 0 Å². The quantitative estimate of drug-likeness (QED) is 0.825. The molecule has 126 valence electrons. The molecule has 0 spiro atoms. The van der Waals surface area contributed by atoms with E-state index in [-0.39, 0.29) is 5.82 Å². The second kappa shape index (κ2) is 7.20. The number of nitrogens with one attached hydrogen (secondary N) is 1. The van der Waals surface area contributed by atoms with Gasteiger partial charge in [0.25, 0.3) is 0 Å². The van der Waals surface area contributed by atoms with Crippen LogP contribution in [0, 0.1) is 12.7 Å². The summed E-state index contributed by atoms with van der Waals surface area (Å²) in [6.45, 7) is 5.52. The Morgan fingerprint density at radius 1 is 1.43 bits per heavy atom. The maximum atomic E-state index is 14.5. The fourth-order valence-corrected chi connectivity index (χ4v) is 4.08. The lowest BCUT2D eigenvalue weighted by atomic mass is 9.93. The molecule has 3 rings (SSSR count). The van der Waals surface area contributed by atoms with Crippen LogP contribution in [-0.2, 0) is 11.3 Å². The highest BCUT2D eigenvalue weighted by Gasteiger charge is 2.26. The fraction of sp³-hybridized carbons (Fsp3) is 0.556. The van der Waals surface area contributed by atoms with Crippen LogP contribution >= 0.6 is 11.6 Å². The van der Waals surface area contributed by atoms with Crippen LogP contribution in [0.2, 0.25) is 5.02 Å². The number of piperidine rings is 1. The minimum atomic E-state index is -0.183. The van der Waals surface area contributed by atoms with Crippen molar-refractivity contribution in [2.45, 2.75) is 38.6 Å². The first-order valence-corrected chi connectivity index (χ1v) is 8.69. The zero-order valence-electron chi connectivity index (χ0n) is 13.8. The maximum absolute atomic E-state index is 14.5. The third-order valence-corrected chi connectivity index (χ3v) is 5.12. The number of aromatic nitrogens is 1. The molecule has 1 aliphatic rings. The number of fused-ring (bicyclic) bond motifs is 1. The summed E-state index contributed by atoms with van der Waals surface area (Å²) in [6.07, 6.45) is 3.17. The second-order valence-corrected chi connectivity index (χ2v) is 6.71. The number of aryl methyl sites for hydroxylation is 2. The average molecular weight is 339 g/mol. The first-order chi connectivity index (χ1) is 11.1. The summed E-state index contributed by atoms with van der Waals surface area (Å²) in [7, 11) is 1.71. The van der Waals surface area contributed by atoms with Crippen molar-refractivity contribution in [3.05, 3.63) is 34.2 Å². The van der Waals surface area contributed by atoms with E-state index in [2.05, 4.69) is 9.88 Å². The van der Waals surface area contributed by atoms with Gasteiger partial charge in [0, 0.05) is 43.8 Å². The Balaban J connectivity index is 2.15. The van der Waals surface area contributed by atoms with Gasteiger partial charge in [0.05, 0.1) is 10.5 Å². The summed E-state index contributed by atoms with van der Waals surface area (Å²) >= 11 is 6.44. The van der Waals surface area contributed by atoms with Crippen molar-refractivity contribution in [2.24, 2.45) is 0 Å². The third-order valence-electron chi connectivity index (χ3n) is 4.81. The van der Waals surface area contributed by atoms with Gasteiger partial charge >= 0.3 is 0 Å². The molecule has 1 aliphatic heterocycles. The zero-order chi connectivity index (χ0) is 16.4. The van der Waals surface area contributed by atoms with Crippen LogP contribution < -0.4 is 5.32 Å². The lowest BCUT2D eigenvalue weighted by Crippen LogP contribution is -2.30. The van der Waals surface area contributed by atoms with E-state index >= 15 is 0 Å². The molecule has 1 aromatic carbocycles. The number of halogens is 2. The molecule has 1 unspecified atom stereocenters. The van der Waals surface area contributed by atoms with Gasteiger partial charge in [-0.1, -0.05) is 11.6 Å². The molecule has 1 atom stereocenters. The molecule has 1 N–H and O–H groups in total. The van der Waals surface area contributed by atoms with E-state index in [1.165, 1.54) is 11.8 Å². The van der Waals surface area contributed by atoms with Crippen LogP contribution in [0.25, 0.3) is 10.9 Å². The Kier molecular flexibility index (Phi) is 5.24. The molecule has 0 aliphatic carbocycles. The molecule has 2 heterocycles. The Morgan fingerprint density at radius 2 is 2.26 bits per heavy atom. The average Bonchev–Trinajstić information content (AvgIpc) is 2.86. The molecule has 0 bridgehead atoms. The summed E-state index contributed by atoms with van der Waals surface area (Å²) in [4.78, 5) is 0. The van der Waals surface area contributed by atoms with E-state index in [0.717, 1.165) is 50.0 Å². The fourth-order valence-electron chi connectivity index (χ4n) is 3.82. The standard InChI is InChI=1S/C18H24ClFN2O/c1-12-16-15(20)7-6-14(19)18(16)22(9-4-10-23-2)17(12)13-5-3-8-21-11-13/h6-7,13,21H,3-5,8-11H2,1-2H3. The molecular formula is C18H24ClFN2O. The Morgan fingerprint density at radius 3 is 2.96 bits per heavy atom. The Labute approximate surface area is 141 Å². The van der Waals surface area contributed by atoms with Gasteiger partial charge in [-0.2, -0.15) is 0 Å². The highest BCUT2D eigenvalue weighted by molar-refractivity contribution is 6.35. The molecule has 1 aromatic heterocycles. The van der Waals surface area contributed by atoms with Crippen LogP contribution in [0.15, 0.2) is 12.1 Å². The van der Waals surface area contributed by atoms with Crippen molar-refractivity contribution >= 4 is 22.5 Å². The molecular weight excluding hydrogens is 315 g/mol. The van der Waals surface area contributed by atoms with E-state index in [9.17, 15) is 4.39 Å². The maximum Gasteiger partial charge on any atom is 0.132 e. The van der Waals surface area contributed by atoms with E-state index in [0.29, 0.717) is 22.9 Å². The van der Waals surface area contributed by atoms with Gasteiger partial charge in [-0.05, 0) is 50.4 Å². The number of hydrogen-bond acceptors (Lipinski definition) is 2. The van der Waals surface area contributed by atoms with Gasteiger partial charge in [-0.3, -0.25) is 0 Å². The molecule has 5 heteroatoms. The Hall–Kier alpha value is -1.10. The van der Waals surface area contributed by atoms with E-state index in [1.807, 2.05) is 6.92 Å². The molecule has 23 heavy (non-hydrogen) atoms. The van der Waals surface area contributed by atoms with Crippen LogP contribution in [0.1, 0.15) is 36.4 Å². The molecule has 1 saturated heterocycles. The summed E-state index contributed by atoms with van der Waals surface area (Å²) in [5.74, 6) is 0.228. The van der Waals surface area contributed by atoms with Crippen molar-refractivity contribution in [1.82, 2.24) is 9.88 Å². The van der Waals surface area contributed by atoms with Gasteiger partial charge < -0.3 is 14.6 Å². The van der Waals surface area contributed by atoms with Gasteiger partial charge in [-0.15, -0.1) is 0 Å². The first-order valence-electron chi connectivity index (χ1n) is 8.31. The van der Waals surface area contributed by atoms with Crippen molar-refractivity contribution < 1.29 is 9.13 Å². The number of rotatable bonds is 5. The van der Waals surface area contributed by atoms with Gasteiger partial charge in [0.1, 0.15) is 5.82 Å². The zero-order valence-corrected chi connectivity index (χ0v) is 14.5. The number of hydrogen-bond donors (Lipinski definition) is 1. The summed E-state index contributed by atoms with van der Waals surface area (Å²) in [5, 5.41) is 4.76. The van der Waals surface area contributed by atoms with Gasteiger partial charge in [0.15, 0.2) is 0 Å². The molecule has 2 aromatic rings. The van der Waals surface area contributed by atoms with Crippen LogP contribution in [0.3, 0.4) is 0 Å². The molecule has 1 fully saturated rings. The largest absolute Gasteiger partial charge is 0.385 e. The highest BCUT2D eigenvalue weighted by atomic mass is 35.5. The van der Waals surface area contributed by atoms with Gasteiger partial charge in [-0.25, -0.2) is 4.39 Å². The molecule has 3 nitrogen and oxygen atoms in total. The first kappa shape index (κ1) is 16.7. The summed E-state index contributed by atoms with van der Waals surface area (Å²) in [6, 6.07) is 3.13. The Bertz CT molecular complexity index is 692. The lowest BCUT2D eigenvalue weighted by molar-refractivity contribution is 0.190. The predicted molar refractivity (Wildman–Crippen MR) is 93.0 cm³/mol. The SMILES string of the molecule is COCCCn1c(C2CCCNC2)c(C)c2c(F)ccc(Cl)c21. The smallest absolute Gasteiger partial charge is 0.132 e. The summed E-state index contributed by atoms with van der Waals surface area (Å²) in [5.41, 5.74) is 3.10. The van der Waals surface area contributed by atoms with Crippen LogP contribution in [-0.4, -0.2) is 31.4 Å². The number of nitrogens with zero attached hydrogens (tertiary/aromatic N) is 1. The predicted octanol–water partition coefficient (Wildman–Crippen LogP) is 4.25. The number of methoxy groups -OCH3 is 1. The van der Waals surface area contributed by atoms with Crippen LogP contribution in [0.5, 0.6) is 0 Å². The minimum Gasteiger partial charge on any atom is -0.385 e. The normalized spacial score (nSPS) is 18.7. The third kappa shape index (κ3) is 3.12. The molecule has 0 amide bonds. The van der Waals surface area contributed by atoms with Crippen LogP contribution in [0.4, 0.5) is 4.39 Å². The van der Waals surface area contributed by atoms with E-state index < -0.39 is 0 Å².